The third-order valence-electron chi connectivity index (χ3n) is 4.50. The molecule has 0 radical (unpaired) electrons. The first-order chi connectivity index (χ1) is 12.2. The summed E-state index contributed by atoms with van der Waals surface area (Å²) in [4.78, 5) is 23.5. The van der Waals surface area contributed by atoms with Crippen LogP contribution in [0.1, 0.15) is 36.0 Å². The van der Waals surface area contributed by atoms with E-state index in [0.29, 0.717) is 28.5 Å². The summed E-state index contributed by atoms with van der Waals surface area (Å²) in [5.74, 6) is 0.899. The third kappa shape index (κ3) is 3.05. The van der Waals surface area contributed by atoms with Gasteiger partial charge in [0.25, 0.3) is 5.91 Å². The first-order valence-corrected chi connectivity index (χ1v) is 8.59. The van der Waals surface area contributed by atoms with E-state index in [1.807, 2.05) is 23.1 Å². The number of pyridine rings is 2. The second kappa shape index (κ2) is 6.51. The number of aromatic nitrogens is 4. The lowest BCUT2D eigenvalue weighted by Crippen LogP contribution is -2.32. The molecular formula is C18H20N6O. The summed E-state index contributed by atoms with van der Waals surface area (Å²) in [7, 11) is 0. The fourth-order valence-electron chi connectivity index (χ4n) is 3.19. The molecule has 0 spiro atoms. The molecule has 0 saturated carbocycles. The summed E-state index contributed by atoms with van der Waals surface area (Å²) in [6, 6.07) is 8.99. The van der Waals surface area contributed by atoms with Crippen molar-refractivity contribution < 1.29 is 4.79 Å². The highest BCUT2D eigenvalue weighted by Crippen LogP contribution is 2.20. The summed E-state index contributed by atoms with van der Waals surface area (Å²) in [6.45, 7) is 1.60. The highest BCUT2D eigenvalue weighted by Gasteiger charge is 2.19. The molecule has 1 fully saturated rings. The minimum absolute atomic E-state index is 0.0125. The van der Waals surface area contributed by atoms with Crippen molar-refractivity contribution in [1.29, 1.82) is 0 Å². The van der Waals surface area contributed by atoms with Crippen LogP contribution in [0.2, 0.25) is 0 Å². The van der Waals surface area contributed by atoms with Crippen molar-refractivity contribution in [3.8, 4) is 11.5 Å². The first kappa shape index (κ1) is 15.6. The molecule has 7 heteroatoms. The van der Waals surface area contributed by atoms with Crippen molar-refractivity contribution in [2.24, 2.45) is 0 Å². The van der Waals surface area contributed by atoms with E-state index in [9.17, 15) is 4.79 Å². The minimum atomic E-state index is 0.0125. The lowest BCUT2D eigenvalue weighted by molar-refractivity contribution is 0.0761. The lowest BCUT2D eigenvalue weighted by atomic mass is 10.2. The average Bonchev–Trinajstić information content (AvgIpc) is 2.89. The van der Waals surface area contributed by atoms with Gasteiger partial charge in [-0.2, -0.15) is 4.52 Å². The fourth-order valence-corrected chi connectivity index (χ4v) is 3.19. The van der Waals surface area contributed by atoms with E-state index in [4.69, 9.17) is 5.73 Å². The molecule has 4 heterocycles. The molecule has 25 heavy (non-hydrogen) atoms. The van der Waals surface area contributed by atoms with Crippen LogP contribution >= 0.6 is 0 Å². The molecule has 1 saturated heterocycles. The number of carbonyl (C=O) groups is 1. The van der Waals surface area contributed by atoms with Crippen molar-refractivity contribution in [2.75, 3.05) is 18.8 Å². The van der Waals surface area contributed by atoms with Crippen LogP contribution in [0, 0.1) is 0 Å². The zero-order valence-corrected chi connectivity index (χ0v) is 13.9. The van der Waals surface area contributed by atoms with Gasteiger partial charge < -0.3 is 10.6 Å². The molecule has 0 atom stereocenters. The SMILES string of the molecule is Nc1cc(C(=O)N2CCCCCC2)cc2nc(-c3ccccn3)nn12. The Kier molecular flexibility index (Phi) is 4.05. The quantitative estimate of drug-likeness (QED) is 0.776. The van der Waals surface area contributed by atoms with Gasteiger partial charge >= 0.3 is 0 Å². The van der Waals surface area contributed by atoms with Gasteiger partial charge in [0.1, 0.15) is 11.5 Å². The standard InChI is InChI=1S/C18H20N6O/c19-15-11-13(18(25)23-9-5-1-2-6-10-23)12-16-21-17(22-24(15)16)14-7-3-4-8-20-14/h3-4,7-8,11-12H,1-2,5-6,9-10,19H2. The number of nitrogen functional groups attached to an aromatic ring is 1. The normalized spacial score (nSPS) is 15.3. The van der Waals surface area contributed by atoms with Gasteiger partial charge in [0.15, 0.2) is 5.65 Å². The van der Waals surface area contributed by atoms with E-state index in [1.165, 1.54) is 12.8 Å². The number of fused-ring (bicyclic) bond motifs is 1. The molecule has 0 bridgehead atoms. The lowest BCUT2D eigenvalue weighted by Gasteiger charge is -2.20. The molecule has 1 aliphatic heterocycles. The van der Waals surface area contributed by atoms with Gasteiger partial charge in [-0.05, 0) is 37.1 Å². The van der Waals surface area contributed by atoms with E-state index >= 15 is 0 Å². The molecule has 3 aromatic heterocycles. The highest BCUT2D eigenvalue weighted by molar-refractivity contribution is 5.96. The van der Waals surface area contributed by atoms with Crippen molar-refractivity contribution in [3.05, 3.63) is 42.1 Å². The Balaban J connectivity index is 1.70. The van der Waals surface area contributed by atoms with Gasteiger partial charge in [-0.3, -0.25) is 9.78 Å². The first-order valence-electron chi connectivity index (χ1n) is 8.59. The molecule has 4 rings (SSSR count). The van der Waals surface area contributed by atoms with Gasteiger partial charge in [-0.1, -0.05) is 18.9 Å². The van der Waals surface area contributed by atoms with Gasteiger partial charge in [-0.25, -0.2) is 4.98 Å². The molecule has 0 aliphatic carbocycles. The molecule has 3 aromatic rings. The van der Waals surface area contributed by atoms with Crippen LogP contribution in [0.3, 0.4) is 0 Å². The summed E-state index contributed by atoms with van der Waals surface area (Å²) < 4.78 is 1.54. The highest BCUT2D eigenvalue weighted by atomic mass is 16.2. The van der Waals surface area contributed by atoms with E-state index in [-0.39, 0.29) is 5.91 Å². The van der Waals surface area contributed by atoms with Crippen LogP contribution in [0.4, 0.5) is 5.82 Å². The van der Waals surface area contributed by atoms with Gasteiger partial charge in [0, 0.05) is 24.8 Å². The van der Waals surface area contributed by atoms with Crippen LogP contribution in [0.15, 0.2) is 36.5 Å². The minimum Gasteiger partial charge on any atom is -0.384 e. The second-order valence-corrected chi connectivity index (χ2v) is 6.30. The van der Waals surface area contributed by atoms with Gasteiger partial charge in [0.05, 0.1) is 0 Å². The van der Waals surface area contributed by atoms with E-state index in [0.717, 1.165) is 25.9 Å². The van der Waals surface area contributed by atoms with Crippen molar-refractivity contribution in [3.63, 3.8) is 0 Å². The van der Waals surface area contributed by atoms with Crippen molar-refractivity contribution in [1.82, 2.24) is 24.5 Å². The Bertz CT molecular complexity index is 897. The monoisotopic (exact) mass is 336 g/mol. The Morgan fingerprint density at radius 2 is 1.88 bits per heavy atom. The molecule has 1 amide bonds. The topological polar surface area (TPSA) is 89.4 Å². The Morgan fingerprint density at radius 3 is 2.60 bits per heavy atom. The average molecular weight is 336 g/mol. The molecule has 2 N–H and O–H groups in total. The van der Waals surface area contributed by atoms with Crippen molar-refractivity contribution in [2.45, 2.75) is 25.7 Å². The molecular weight excluding hydrogens is 316 g/mol. The maximum Gasteiger partial charge on any atom is 0.254 e. The maximum absolute atomic E-state index is 12.8. The summed E-state index contributed by atoms with van der Waals surface area (Å²) in [6.07, 6.45) is 6.17. The van der Waals surface area contributed by atoms with Crippen LogP contribution in [0.5, 0.6) is 0 Å². The summed E-state index contributed by atoms with van der Waals surface area (Å²) in [5, 5.41) is 4.40. The van der Waals surface area contributed by atoms with E-state index in [2.05, 4.69) is 15.1 Å². The molecule has 128 valence electrons. The summed E-state index contributed by atoms with van der Waals surface area (Å²) in [5.41, 5.74) is 7.90. The maximum atomic E-state index is 12.8. The van der Waals surface area contributed by atoms with E-state index < -0.39 is 0 Å². The second-order valence-electron chi connectivity index (χ2n) is 6.30. The number of amides is 1. The van der Waals surface area contributed by atoms with Crippen LogP contribution < -0.4 is 5.73 Å². The largest absolute Gasteiger partial charge is 0.384 e. The third-order valence-corrected chi connectivity index (χ3v) is 4.50. The van der Waals surface area contributed by atoms with Gasteiger partial charge in [-0.15, -0.1) is 5.10 Å². The smallest absolute Gasteiger partial charge is 0.254 e. The zero-order chi connectivity index (χ0) is 17.2. The van der Waals surface area contributed by atoms with Crippen molar-refractivity contribution >= 4 is 17.4 Å². The number of nitrogens with zero attached hydrogens (tertiary/aromatic N) is 5. The number of rotatable bonds is 2. The van der Waals surface area contributed by atoms with Crippen LogP contribution in [-0.2, 0) is 0 Å². The fraction of sp³-hybridized carbons (Fsp3) is 0.333. The zero-order valence-electron chi connectivity index (χ0n) is 13.9. The summed E-state index contributed by atoms with van der Waals surface area (Å²) >= 11 is 0. The van der Waals surface area contributed by atoms with E-state index in [1.54, 1.807) is 22.8 Å². The Hall–Kier alpha value is -2.96. The molecule has 0 aromatic carbocycles. The number of hydrogen-bond acceptors (Lipinski definition) is 5. The Labute approximate surface area is 145 Å². The molecule has 7 nitrogen and oxygen atoms in total. The van der Waals surface area contributed by atoms with Crippen LogP contribution in [0.25, 0.3) is 17.2 Å². The molecule has 0 unspecified atom stereocenters. The van der Waals surface area contributed by atoms with Gasteiger partial charge in [0.2, 0.25) is 5.82 Å². The predicted molar refractivity (Wildman–Crippen MR) is 95.0 cm³/mol. The number of hydrogen-bond donors (Lipinski definition) is 1. The van der Waals surface area contributed by atoms with Crippen LogP contribution in [-0.4, -0.2) is 43.5 Å². The molecule has 1 aliphatic rings. The number of anilines is 1. The Morgan fingerprint density at radius 1 is 1.08 bits per heavy atom. The number of nitrogens with two attached hydrogens (primary N) is 1. The number of carbonyl (C=O) groups excluding carboxylic acids is 1. The predicted octanol–water partition coefficient (Wildman–Crippen LogP) is 2.39. The number of likely N-dealkylation sites (tertiary alicyclic amines) is 1.